The molecule has 1 aromatic rings. The number of hydrogen-bond donors (Lipinski definition) is 2. The van der Waals surface area contributed by atoms with Crippen molar-refractivity contribution >= 4 is 11.6 Å². The van der Waals surface area contributed by atoms with Crippen molar-refractivity contribution in [3.63, 3.8) is 0 Å². The van der Waals surface area contributed by atoms with Gasteiger partial charge >= 0.3 is 0 Å². The van der Waals surface area contributed by atoms with Crippen LogP contribution in [-0.2, 0) is 0 Å². The zero-order valence-corrected chi connectivity index (χ0v) is 7.05. The predicted molar refractivity (Wildman–Crippen MR) is 45.4 cm³/mol. The van der Waals surface area contributed by atoms with Gasteiger partial charge in [0, 0.05) is 0 Å². The second-order valence-electron chi connectivity index (χ2n) is 2.46. The van der Waals surface area contributed by atoms with Crippen LogP contribution in [0.3, 0.4) is 0 Å². The lowest BCUT2D eigenvalue weighted by Gasteiger charge is -2.08. The first kappa shape index (κ1) is 9.45. The summed E-state index contributed by atoms with van der Waals surface area (Å²) < 4.78 is 12.6. The molecule has 0 fully saturated rings. The van der Waals surface area contributed by atoms with E-state index in [0.717, 1.165) is 0 Å². The molecule has 0 spiro atoms. The first-order chi connectivity index (χ1) is 5.65. The van der Waals surface area contributed by atoms with Crippen molar-refractivity contribution in [1.29, 1.82) is 0 Å². The van der Waals surface area contributed by atoms with Crippen LogP contribution in [-0.4, -0.2) is 11.7 Å². The molecule has 1 aromatic carbocycles. The second-order valence-corrected chi connectivity index (χ2v) is 2.87. The van der Waals surface area contributed by atoms with Gasteiger partial charge in [0.1, 0.15) is 5.82 Å². The molecule has 0 aromatic heterocycles. The van der Waals surface area contributed by atoms with Gasteiger partial charge in [-0.2, -0.15) is 0 Å². The van der Waals surface area contributed by atoms with Crippen LogP contribution >= 0.6 is 11.6 Å². The number of hydrogen-bond acceptors (Lipinski definition) is 2. The Morgan fingerprint density at radius 3 is 2.75 bits per heavy atom. The van der Waals surface area contributed by atoms with Crippen LogP contribution in [0.1, 0.15) is 11.6 Å². The highest BCUT2D eigenvalue weighted by atomic mass is 35.5. The van der Waals surface area contributed by atoms with Crippen LogP contribution in [0.2, 0.25) is 5.02 Å². The minimum atomic E-state index is -0.497. The fourth-order valence-electron chi connectivity index (χ4n) is 0.848. The molecule has 0 saturated heterocycles. The van der Waals surface area contributed by atoms with Gasteiger partial charge in [-0.15, -0.1) is 0 Å². The van der Waals surface area contributed by atoms with Gasteiger partial charge in [0.15, 0.2) is 0 Å². The molecule has 0 aliphatic rings. The van der Waals surface area contributed by atoms with E-state index in [0.29, 0.717) is 5.56 Å². The van der Waals surface area contributed by atoms with Crippen LogP contribution < -0.4 is 5.73 Å². The van der Waals surface area contributed by atoms with E-state index in [2.05, 4.69) is 0 Å². The normalized spacial score (nSPS) is 13.0. The van der Waals surface area contributed by atoms with E-state index < -0.39 is 11.9 Å². The Bertz CT molecular complexity index is 280. The van der Waals surface area contributed by atoms with Crippen molar-refractivity contribution in [2.45, 2.75) is 6.04 Å². The highest BCUT2D eigenvalue weighted by Crippen LogP contribution is 2.19. The minimum absolute atomic E-state index is 0.0244. The summed E-state index contributed by atoms with van der Waals surface area (Å²) in [7, 11) is 0. The first-order valence-electron chi connectivity index (χ1n) is 3.46. The molecule has 0 aliphatic heterocycles. The molecule has 12 heavy (non-hydrogen) atoms. The molecule has 0 heterocycles. The summed E-state index contributed by atoms with van der Waals surface area (Å²) in [6.07, 6.45) is 0. The Morgan fingerprint density at radius 2 is 2.25 bits per heavy atom. The van der Waals surface area contributed by atoms with E-state index >= 15 is 0 Å². The van der Waals surface area contributed by atoms with Crippen LogP contribution in [0.4, 0.5) is 4.39 Å². The summed E-state index contributed by atoms with van der Waals surface area (Å²) in [6.45, 7) is -0.179. The van der Waals surface area contributed by atoms with Gasteiger partial charge in [-0.1, -0.05) is 17.7 Å². The summed E-state index contributed by atoms with van der Waals surface area (Å²) in [5.41, 5.74) is 6.11. The minimum Gasteiger partial charge on any atom is -0.394 e. The lowest BCUT2D eigenvalue weighted by molar-refractivity contribution is 0.268. The molecule has 0 aliphatic carbocycles. The Kier molecular flexibility index (Phi) is 3.03. The first-order valence-corrected chi connectivity index (χ1v) is 3.84. The van der Waals surface area contributed by atoms with Crippen LogP contribution in [0.15, 0.2) is 18.2 Å². The van der Waals surface area contributed by atoms with E-state index in [1.807, 2.05) is 0 Å². The molecule has 0 radical (unpaired) electrons. The van der Waals surface area contributed by atoms with Crippen molar-refractivity contribution < 1.29 is 9.50 Å². The molecule has 0 amide bonds. The third-order valence-electron chi connectivity index (χ3n) is 1.57. The van der Waals surface area contributed by atoms with Gasteiger partial charge in [0.2, 0.25) is 0 Å². The zero-order chi connectivity index (χ0) is 9.14. The van der Waals surface area contributed by atoms with E-state index in [1.54, 1.807) is 0 Å². The summed E-state index contributed by atoms with van der Waals surface area (Å²) in [6, 6.07) is 3.65. The zero-order valence-electron chi connectivity index (χ0n) is 6.30. The number of halogens is 2. The van der Waals surface area contributed by atoms with Gasteiger partial charge in [-0.05, 0) is 17.7 Å². The van der Waals surface area contributed by atoms with Crippen molar-refractivity contribution in [1.82, 2.24) is 0 Å². The van der Waals surface area contributed by atoms with E-state index in [9.17, 15) is 4.39 Å². The van der Waals surface area contributed by atoms with Crippen LogP contribution in [0.25, 0.3) is 0 Å². The topological polar surface area (TPSA) is 46.2 Å². The summed E-state index contributed by atoms with van der Waals surface area (Å²) >= 11 is 5.50. The Hall–Kier alpha value is -0.640. The number of rotatable bonds is 2. The molecule has 2 nitrogen and oxygen atoms in total. The molecular formula is C8H9ClFNO. The van der Waals surface area contributed by atoms with Gasteiger partial charge in [0.25, 0.3) is 0 Å². The summed E-state index contributed by atoms with van der Waals surface area (Å²) in [5.74, 6) is -0.481. The second kappa shape index (κ2) is 3.85. The van der Waals surface area contributed by atoms with Crippen molar-refractivity contribution in [2.24, 2.45) is 5.73 Å². The molecule has 66 valence electrons. The third kappa shape index (κ3) is 1.94. The quantitative estimate of drug-likeness (QED) is 0.740. The maximum atomic E-state index is 12.6. The smallest absolute Gasteiger partial charge is 0.141 e. The lowest BCUT2D eigenvalue weighted by atomic mass is 10.1. The maximum Gasteiger partial charge on any atom is 0.141 e. The average molecular weight is 190 g/mol. The largest absolute Gasteiger partial charge is 0.394 e. The SMILES string of the molecule is NC(CO)c1ccc(F)c(Cl)c1. The summed E-state index contributed by atoms with van der Waals surface area (Å²) in [4.78, 5) is 0. The Balaban J connectivity index is 2.96. The van der Waals surface area contributed by atoms with Crippen molar-refractivity contribution in [3.8, 4) is 0 Å². The monoisotopic (exact) mass is 189 g/mol. The fourth-order valence-corrected chi connectivity index (χ4v) is 1.04. The Labute approximate surface area is 74.8 Å². The number of aliphatic hydroxyl groups excluding tert-OH is 1. The van der Waals surface area contributed by atoms with Gasteiger partial charge in [0.05, 0.1) is 17.7 Å². The fraction of sp³-hybridized carbons (Fsp3) is 0.250. The van der Waals surface area contributed by atoms with Crippen LogP contribution in [0.5, 0.6) is 0 Å². The highest BCUT2D eigenvalue weighted by Gasteiger charge is 2.06. The molecule has 0 saturated carbocycles. The third-order valence-corrected chi connectivity index (χ3v) is 1.86. The van der Waals surface area contributed by atoms with Gasteiger partial charge in [-0.3, -0.25) is 0 Å². The van der Waals surface area contributed by atoms with Crippen LogP contribution in [0, 0.1) is 5.82 Å². The molecule has 1 atom stereocenters. The average Bonchev–Trinajstić information content (AvgIpc) is 2.08. The molecule has 1 rings (SSSR count). The number of aliphatic hydroxyl groups is 1. The van der Waals surface area contributed by atoms with E-state index in [4.69, 9.17) is 22.4 Å². The van der Waals surface area contributed by atoms with Gasteiger partial charge < -0.3 is 10.8 Å². The van der Waals surface area contributed by atoms with E-state index in [1.165, 1.54) is 18.2 Å². The summed E-state index contributed by atoms with van der Waals surface area (Å²) in [5, 5.41) is 8.71. The number of nitrogens with two attached hydrogens (primary N) is 1. The molecular weight excluding hydrogens is 181 g/mol. The maximum absolute atomic E-state index is 12.6. The van der Waals surface area contributed by atoms with Gasteiger partial charge in [-0.25, -0.2) is 4.39 Å². The molecule has 0 bridgehead atoms. The van der Waals surface area contributed by atoms with Crippen molar-refractivity contribution in [2.75, 3.05) is 6.61 Å². The van der Waals surface area contributed by atoms with Crippen molar-refractivity contribution in [3.05, 3.63) is 34.6 Å². The number of benzene rings is 1. The Morgan fingerprint density at radius 1 is 1.58 bits per heavy atom. The highest BCUT2D eigenvalue weighted by molar-refractivity contribution is 6.30. The molecule has 3 N–H and O–H groups in total. The van der Waals surface area contributed by atoms with E-state index in [-0.39, 0.29) is 11.6 Å². The molecule has 1 unspecified atom stereocenters. The lowest BCUT2D eigenvalue weighted by Crippen LogP contribution is -2.14. The standard InChI is InChI=1S/C8H9ClFNO/c9-6-3-5(8(11)4-12)1-2-7(6)10/h1-3,8,12H,4,11H2. The molecule has 4 heteroatoms. The predicted octanol–water partition coefficient (Wildman–Crippen LogP) is 1.47.